The van der Waals surface area contributed by atoms with E-state index in [1.807, 2.05) is 49.4 Å². The van der Waals surface area contributed by atoms with E-state index in [1.54, 1.807) is 11.0 Å². The lowest BCUT2D eigenvalue weighted by Gasteiger charge is -2.26. The van der Waals surface area contributed by atoms with Crippen LogP contribution in [-0.4, -0.2) is 48.8 Å². The van der Waals surface area contributed by atoms with Gasteiger partial charge >= 0.3 is 0 Å². The summed E-state index contributed by atoms with van der Waals surface area (Å²) in [5, 5.41) is 0.694. The molecule has 0 saturated carbocycles. The molecule has 2 aliphatic rings. The van der Waals surface area contributed by atoms with Crippen molar-refractivity contribution in [2.24, 2.45) is 4.99 Å². The van der Waals surface area contributed by atoms with E-state index >= 15 is 0 Å². The number of likely N-dealkylation sites (N-methyl/N-ethyl adjacent to an activating group) is 1. The molecule has 2 aromatic rings. The Morgan fingerprint density at radius 3 is 2.67 bits per heavy atom. The molecule has 2 fully saturated rings. The molecule has 140 valence electrons. The number of carbonyl (C=O) groups excluding carboxylic acids is 1. The number of hydrogen-bond acceptors (Lipinski definition) is 6. The summed E-state index contributed by atoms with van der Waals surface area (Å²) < 4.78 is 11.3. The van der Waals surface area contributed by atoms with Crippen LogP contribution in [0.4, 0.5) is 11.6 Å². The van der Waals surface area contributed by atoms with Crippen LogP contribution in [0.5, 0.6) is 0 Å². The molecular formula is C20H21N3O3S. The quantitative estimate of drug-likeness (QED) is 0.753. The molecule has 2 saturated heterocycles. The van der Waals surface area contributed by atoms with Crippen LogP contribution in [0.2, 0.25) is 0 Å². The summed E-state index contributed by atoms with van der Waals surface area (Å²) in [6.07, 6.45) is 1.80. The first-order valence-corrected chi connectivity index (χ1v) is 9.84. The van der Waals surface area contributed by atoms with E-state index in [0.29, 0.717) is 35.6 Å². The van der Waals surface area contributed by atoms with E-state index < -0.39 is 0 Å². The summed E-state index contributed by atoms with van der Waals surface area (Å²) in [6, 6.07) is 13.5. The predicted octanol–water partition coefficient (Wildman–Crippen LogP) is 3.74. The molecule has 1 aromatic heterocycles. The van der Waals surface area contributed by atoms with Gasteiger partial charge in [-0.2, -0.15) is 0 Å². The second kappa shape index (κ2) is 8.02. The summed E-state index contributed by atoms with van der Waals surface area (Å²) in [6.45, 7) is 5.56. The maximum absolute atomic E-state index is 12.7. The standard InChI is InChI=1S/C20H21N3O3S/c1-2-23-19(24)17(27-20(23)21-15-6-4-3-5-7-15)14-16-8-9-18(26-16)22-10-12-25-13-11-22/h3-9,14H,2,10-13H2,1H3/b17-14+,21-20?. The van der Waals surface area contributed by atoms with E-state index in [4.69, 9.17) is 9.15 Å². The fourth-order valence-electron chi connectivity index (χ4n) is 2.99. The Morgan fingerprint density at radius 2 is 1.93 bits per heavy atom. The van der Waals surface area contributed by atoms with Crippen LogP contribution >= 0.6 is 11.8 Å². The summed E-state index contributed by atoms with van der Waals surface area (Å²) in [5.41, 5.74) is 0.833. The number of nitrogens with zero attached hydrogens (tertiary/aromatic N) is 3. The molecule has 0 spiro atoms. The SMILES string of the molecule is CCN1C(=O)/C(=C\c2ccc(N3CCOCC3)o2)SC1=Nc1ccccc1. The Morgan fingerprint density at radius 1 is 1.15 bits per heavy atom. The molecule has 1 aromatic carbocycles. The van der Waals surface area contributed by atoms with Crippen LogP contribution < -0.4 is 4.90 Å². The van der Waals surface area contributed by atoms with Crippen LogP contribution in [0.3, 0.4) is 0 Å². The van der Waals surface area contributed by atoms with Gasteiger partial charge in [0.2, 0.25) is 0 Å². The van der Waals surface area contributed by atoms with Gasteiger partial charge in [0.1, 0.15) is 5.76 Å². The van der Waals surface area contributed by atoms with Crippen LogP contribution in [0.1, 0.15) is 12.7 Å². The molecule has 27 heavy (non-hydrogen) atoms. The van der Waals surface area contributed by atoms with E-state index in [2.05, 4.69) is 9.89 Å². The number of morpholine rings is 1. The molecule has 0 atom stereocenters. The molecule has 1 amide bonds. The van der Waals surface area contributed by atoms with Crippen LogP contribution in [-0.2, 0) is 9.53 Å². The molecule has 0 radical (unpaired) electrons. The minimum Gasteiger partial charge on any atom is -0.441 e. The lowest BCUT2D eigenvalue weighted by Crippen LogP contribution is -2.35. The first-order valence-electron chi connectivity index (χ1n) is 9.02. The summed E-state index contributed by atoms with van der Waals surface area (Å²) in [7, 11) is 0. The van der Waals surface area contributed by atoms with Gasteiger partial charge in [0.05, 0.1) is 23.8 Å². The number of carbonyl (C=O) groups is 1. The van der Waals surface area contributed by atoms with E-state index in [-0.39, 0.29) is 5.91 Å². The van der Waals surface area contributed by atoms with Crippen molar-refractivity contribution in [3.63, 3.8) is 0 Å². The number of amidine groups is 1. The van der Waals surface area contributed by atoms with Crippen molar-refractivity contribution in [3.05, 3.63) is 53.1 Å². The van der Waals surface area contributed by atoms with Gasteiger partial charge in [0.25, 0.3) is 5.91 Å². The summed E-state index contributed by atoms with van der Waals surface area (Å²) >= 11 is 1.38. The Hall–Kier alpha value is -2.51. The van der Waals surface area contributed by atoms with Crippen molar-refractivity contribution in [1.29, 1.82) is 0 Å². The van der Waals surface area contributed by atoms with E-state index in [9.17, 15) is 4.79 Å². The predicted molar refractivity (Wildman–Crippen MR) is 108 cm³/mol. The Balaban J connectivity index is 1.56. The smallest absolute Gasteiger partial charge is 0.266 e. The highest BCUT2D eigenvalue weighted by Gasteiger charge is 2.32. The number of thioether (sulfide) groups is 1. The highest BCUT2D eigenvalue weighted by molar-refractivity contribution is 8.18. The maximum atomic E-state index is 12.7. The molecule has 0 bridgehead atoms. The molecule has 7 heteroatoms. The van der Waals surface area contributed by atoms with Crippen molar-refractivity contribution >= 4 is 40.5 Å². The Labute approximate surface area is 162 Å². The first-order chi connectivity index (χ1) is 13.2. The number of ether oxygens (including phenoxy) is 1. The third-order valence-electron chi connectivity index (χ3n) is 4.39. The van der Waals surface area contributed by atoms with Gasteiger partial charge in [-0.1, -0.05) is 18.2 Å². The molecule has 2 aliphatic heterocycles. The average Bonchev–Trinajstić information content (AvgIpc) is 3.28. The number of aliphatic imine (C=N–C) groups is 1. The largest absolute Gasteiger partial charge is 0.441 e. The zero-order valence-corrected chi connectivity index (χ0v) is 15.9. The number of para-hydroxylation sites is 1. The first kappa shape index (κ1) is 17.9. The number of anilines is 1. The van der Waals surface area contributed by atoms with Gasteiger partial charge in [0, 0.05) is 31.8 Å². The van der Waals surface area contributed by atoms with Gasteiger partial charge in [0.15, 0.2) is 11.1 Å². The van der Waals surface area contributed by atoms with Crippen molar-refractivity contribution < 1.29 is 13.9 Å². The van der Waals surface area contributed by atoms with Crippen molar-refractivity contribution in [3.8, 4) is 0 Å². The second-order valence-corrected chi connectivity index (χ2v) is 7.17. The van der Waals surface area contributed by atoms with Crippen LogP contribution in [0.25, 0.3) is 6.08 Å². The topological polar surface area (TPSA) is 58.3 Å². The maximum Gasteiger partial charge on any atom is 0.266 e. The molecule has 3 heterocycles. The van der Waals surface area contributed by atoms with Crippen LogP contribution in [0, 0.1) is 0 Å². The normalized spacial score (nSPS) is 20.9. The molecule has 0 aliphatic carbocycles. The number of hydrogen-bond donors (Lipinski definition) is 0. The van der Waals surface area contributed by atoms with E-state index in [0.717, 1.165) is 24.7 Å². The van der Waals surface area contributed by atoms with Gasteiger partial charge in [-0.25, -0.2) is 4.99 Å². The highest BCUT2D eigenvalue weighted by atomic mass is 32.2. The minimum absolute atomic E-state index is 0.0403. The highest BCUT2D eigenvalue weighted by Crippen LogP contribution is 2.34. The molecule has 0 unspecified atom stereocenters. The number of rotatable bonds is 4. The van der Waals surface area contributed by atoms with Gasteiger partial charge in [-0.3, -0.25) is 9.69 Å². The number of furan rings is 1. The third-order valence-corrected chi connectivity index (χ3v) is 5.40. The summed E-state index contributed by atoms with van der Waals surface area (Å²) in [5.74, 6) is 1.44. The Bertz CT molecular complexity index is 870. The number of benzene rings is 1. The van der Waals surface area contributed by atoms with Crippen molar-refractivity contribution in [2.45, 2.75) is 6.92 Å². The lowest BCUT2D eigenvalue weighted by molar-refractivity contribution is -0.122. The second-order valence-electron chi connectivity index (χ2n) is 6.17. The minimum atomic E-state index is -0.0403. The Kier molecular flexibility index (Phi) is 5.31. The van der Waals surface area contributed by atoms with Crippen LogP contribution in [0.15, 0.2) is 56.8 Å². The molecule has 4 rings (SSSR count). The number of amides is 1. The monoisotopic (exact) mass is 383 g/mol. The van der Waals surface area contributed by atoms with Gasteiger partial charge in [-0.05, 0) is 36.9 Å². The zero-order chi connectivity index (χ0) is 18.6. The fraction of sp³-hybridized carbons (Fsp3) is 0.300. The van der Waals surface area contributed by atoms with Gasteiger partial charge in [-0.15, -0.1) is 0 Å². The van der Waals surface area contributed by atoms with Crippen molar-refractivity contribution in [2.75, 3.05) is 37.7 Å². The van der Waals surface area contributed by atoms with E-state index in [1.165, 1.54) is 11.8 Å². The molecular weight excluding hydrogens is 362 g/mol. The average molecular weight is 383 g/mol. The van der Waals surface area contributed by atoms with Crippen molar-refractivity contribution in [1.82, 2.24) is 4.90 Å². The lowest BCUT2D eigenvalue weighted by atomic mass is 10.3. The third kappa shape index (κ3) is 3.94. The zero-order valence-electron chi connectivity index (χ0n) is 15.1. The fourth-order valence-corrected chi connectivity index (χ4v) is 4.03. The molecule has 6 nitrogen and oxygen atoms in total. The molecule has 0 N–H and O–H groups in total. The van der Waals surface area contributed by atoms with Gasteiger partial charge < -0.3 is 14.1 Å². The summed E-state index contributed by atoms with van der Waals surface area (Å²) in [4.78, 5) is 21.8.